The molecule has 0 aliphatic heterocycles. The van der Waals surface area contributed by atoms with Crippen LogP contribution < -0.4 is 0 Å². The normalized spacial score (nSPS) is 6.57. The Kier molecular flexibility index (Phi) is 10.0. The summed E-state index contributed by atoms with van der Waals surface area (Å²) >= 11 is 0. The van der Waals surface area contributed by atoms with E-state index in [0.717, 1.165) is 0 Å². The minimum absolute atomic E-state index is 0. The maximum atomic E-state index is 10.1. The Labute approximate surface area is 91.8 Å². The van der Waals surface area contributed by atoms with Crippen LogP contribution in [0.2, 0.25) is 0 Å². The molecule has 1 aromatic carbocycles. The molecular formula is C9H8FeN2O2. The zero-order chi connectivity index (χ0) is 10.1. The van der Waals surface area contributed by atoms with Gasteiger partial charge in [0.15, 0.2) is 6.29 Å². The zero-order valence-corrected chi connectivity index (χ0v) is 8.20. The van der Waals surface area contributed by atoms with Crippen molar-refractivity contribution in [2.24, 2.45) is 0 Å². The molecule has 14 heavy (non-hydrogen) atoms. The summed E-state index contributed by atoms with van der Waals surface area (Å²) in [7, 11) is 0. The van der Waals surface area contributed by atoms with Crippen LogP contribution in [0.5, 0.6) is 5.75 Å². The van der Waals surface area contributed by atoms with Crippen LogP contribution in [0.4, 0.5) is 0 Å². The van der Waals surface area contributed by atoms with Crippen molar-refractivity contribution in [1.29, 1.82) is 10.8 Å². The smallest absolute Gasteiger partial charge is 0.153 e. The van der Waals surface area contributed by atoms with Gasteiger partial charge < -0.3 is 5.11 Å². The van der Waals surface area contributed by atoms with Crippen LogP contribution >= 0.6 is 0 Å². The minimum Gasteiger partial charge on any atom is -0.507 e. The Hall–Kier alpha value is -1.63. The maximum Gasteiger partial charge on any atom is 0.153 e. The first-order valence-corrected chi connectivity index (χ1v) is 3.33. The molecule has 0 spiro atoms. The molecule has 3 N–H and O–H groups in total. The van der Waals surface area contributed by atoms with E-state index in [1.165, 1.54) is 6.07 Å². The topological polar surface area (TPSA) is 85.0 Å². The molecule has 1 aromatic rings. The Morgan fingerprint density at radius 1 is 1.21 bits per heavy atom. The molecular weight excluding hydrogens is 224 g/mol. The van der Waals surface area contributed by atoms with E-state index in [-0.39, 0.29) is 22.8 Å². The first-order valence-electron chi connectivity index (χ1n) is 3.33. The van der Waals surface area contributed by atoms with E-state index >= 15 is 0 Å². The van der Waals surface area contributed by atoms with Crippen LogP contribution in [0.1, 0.15) is 10.4 Å². The Morgan fingerprint density at radius 2 is 1.71 bits per heavy atom. The number of aromatic hydroxyl groups is 1. The van der Waals surface area contributed by atoms with Crippen molar-refractivity contribution >= 4 is 18.0 Å². The standard InChI is InChI=1S/C7H6O2.C2H2N2.Fe/c8-5-6-3-1-2-4-7(6)9;3-1-2-4;/h1-5,9H;3-4H;. The van der Waals surface area contributed by atoms with Crippen LogP contribution in [0.3, 0.4) is 0 Å². The number of phenols is 1. The van der Waals surface area contributed by atoms with E-state index in [2.05, 4.69) is 0 Å². The van der Waals surface area contributed by atoms with Crippen LogP contribution in [0.15, 0.2) is 24.3 Å². The van der Waals surface area contributed by atoms with E-state index in [1.807, 2.05) is 0 Å². The van der Waals surface area contributed by atoms with Crippen molar-refractivity contribution in [3.63, 3.8) is 0 Å². The first-order chi connectivity index (χ1) is 6.26. The van der Waals surface area contributed by atoms with Gasteiger partial charge in [-0.05, 0) is 12.1 Å². The van der Waals surface area contributed by atoms with Gasteiger partial charge in [0.2, 0.25) is 0 Å². The summed E-state index contributed by atoms with van der Waals surface area (Å²) in [4.78, 5) is 10.1. The maximum absolute atomic E-state index is 10.1. The van der Waals surface area contributed by atoms with Crippen molar-refractivity contribution in [2.75, 3.05) is 0 Å². The van der Waals surface area contributed by atoms with Gasteiger partial charge in [-0.3, -0.25) is 4.79 Å². The second kappa shape index (κ2) is 9.46. The predicted octanol–water partition coefficient (Wildman–Crippen LogP) is 1.24. The van der Waals surface area contributed by atoms with Crippen molar-refractivity contribution in [3.05, 3.63) is 29.8 Å². The van der Waals surface area contributed by atoms with Crippen LogP contribution in [-0.2, 0) is 17.1 Å². The molecule has 0 aliphatic rings. The number of benzene rings is 1. The van der Waals surface area contributed by atoms with Crippen LogP contribution in [0, 0.1) is 10.8 Å². The van der Waals surface area contributed by atoms with Gasteiger partial charge in [0.1, 0.15) is 5.75 Å². The third-order valence-corrected chi connectivity index (χ3v) is 1.13. The zero-order valence-electron chi connectivity index (χ0n) is 7.10. The van der Waals surface area contributed by atoms with Gasteiger partial charge in [0.05, 0.1) is 17.3 Å². The summed E-state index contributed by atoms with van der Waals surface area (Å²) in [5, 5.41) is 20.7. The van der Waals surface area contributed by atoms with Crippen molar-refractivity contribution in [1.82, 2.24) is 0 Å². The van der Waals surface area contributed by atoms with E-state index < -0.39 is 0 Å². The molecule has 0 aliphatic carbocycles. The molecule has 0 fully saturated rings. The van der Waals surface area contributed by atoms with Crippen molar-refractivity contribution < 1.29 is 27.0 Å². The summed E-state index contributed by atoms with van der Waals surface area (Å²) in [5.74, 6) is 3.23. The molecule has 0 saturated heterocycles. The van der Waals surface area contributed by atoms with Gasteiger partial charge in [-0.15, -0.1) is 0 Å². The molecule has 0 radical (unpaired) electrons. The van der Waals surface area contributed by atoms with E-state index in [0.29, 0.717) is 11.8 Å². The number of hydrogen-bond donors (Lipinski definition) is 3. The van der Waals surface area contributed by atoms with Gasteiger partial charge in [0, 0.05) is 17.1 Å². The average molecular weight is 232 g/mol. The third-order valence-electron chi connectivity index (χ3n) is 1.13. The van der Waals surface area contributed by atoms with Gasteiger partial charge in [-0.25, -0.2) is 10.8 Å². The fraction of sp³-hybridized carbons (Fsp3) is 0. The molecule has 4 nitrogen and oxygen atoms in total. The van der Waals surface area contributed by atoms with Gasteiger partial charge in [-0.1, -0.05) is 12.1 Å². The number of carbonyl (C=O) groups excluding carboxylic acids is 1. The molecule has 0 amide bonds. The van der Waals surface area contributed by atoms with Gasteiger partial charge >= 0.3 is 0 Å². The van der Waals surface area contributed by atoms with Gasteiger partial charge in [-0.2, -0.15) is 0 Å². The van der Waals surface area contributed by atoms with E-state index in [9.17, 15) is 4.79 Å². The Bertz CT molecular complexity index is 346. The van der Waals surface area contributed by atoms with E-state index in [1.54, 1.807) is 29.9 Å². The van der Waals surface area contributed by atoms with Gasteiger partial charge in [0.25, 0.3) is 0 Å². The largest absolute Gasteiger partial charge is 0.507 e. The SMILES string of the molecule is N=C=C=N.O=Cc1ccccc1O.[Fe]. The molecule has 0 saturated carbocycles. The second-order valence-corrected chi connectivity index (χ2v) is 1.93. The van der Waals surface area contributed by atoms with Crippen molar-refractivity contribution in [3.8, 4) is 5.75 Å². The molecule has 0 bridgehead atoms. The molecule has 0 atom stereocenters. The molecule has 1 rings (SSSR count). The number of aldehydes is 1. The quantitative estimate of drug-likeness (QED) is 0.386. The summed E-state index contributed by atoms with van der Waals surface area (Å²) in [6.45, 7) is 0. The molecule has 0 unspecified atom stereocenters. The summed E-state index contributed by atoms with van der Waals surface area (Å²) in [6.07, 6.45) is 0.620. The number of carbonyl (C=O) groups is 1. The molecule has 0 heterocycles. The minimum atomic E-state index is 0. The molecule has 74 valence electrons. The van der Waals surface area contributed by atoms with Crippen LogP contribution in [-0.4, -0.2) is 23.1 Å². The number of hydrogen-bond acceptors (Lipinski definition) is 4. The molecule has 0 aromatic heterocycles. The molecule has 5 heteroatoms. The number of nitrogens with one attached hydrogen (secondary N) is 2. The number of para-hydroxylation sites is 1. The fourth-order valence-electron chi connectivity index (χ4n) is 0.587. The Morgan fingerprint density at radius 3 is 2.00 bits per heavy atom. The predicted molar refractivity (Wildman–Crippen MR) is 48.9 cm³/mol. The summed E-state index contributed by atoms with van der Waals surface area (Å²) < 4.78 is 0. The first kappa shape index (κ1) is 14.9. The van der Waals surface area contributed by atoms with Crippen LogP contribution in [0.25, 0.3) is 0 Å². The summed E-state index contributed by atoms with van der Waals surface area (Å²) in [5.41, 5.74) is 0.331. The average Bonchev–Trinajstić information content (AvgIpc) is 2.19. The third kappa shape index (κ3) is 5.95. The number of phenolic OH excluding ortho intramolecular Hbond substituents is 1. The second-order valence-electron chi connectivity index (χ2n) is 1.93. The number of rotatable bonds is 1. The summed E-state index contributed by atoms with van der Waals surface area (Å²) in [6, 6.07) is 6.40. The monoisotopic (exact) mass is 232 g/mol. The van der Waals surface area contributed by atoms with Crippen molar-refractivity contribution in [2.45, 2.75) is 0 Å². The Balaban J connectivity index is 0. The fourth-order valence-corrected chi connectivity index (χ4v) is 0.587. The van der Waals surface area contributed by atoms with E-state index in [4.69, 9.17) is 15.9 Å².